The zero-order chi connectivity index (χ0) is 15.2. The van der Waals surface area contributed by atoms with Crippen LogP contribution in [0.4, 0.5) is 24.5 Å². The predicted molar refractivity (Wildman–Crippen MR) is 69.4 cm³/mol. The molecule has 2 aromatic carbocycles. The molecule has 0 bridgehead atoms. The maximum atomic E-state index is 12.5. The minimum Gasteiger partial charge on any atom is -0.283 e. The highest BCUT2D eigenvalue weighted by Gasteiger charge is 2.37. The molecular formula is C15H8F3NO2. The maximum Gasteiger partial charge on any atom is 0.416 e. The fraction of sp³-hybridized carbons (Fsp3) is 0.0667. The van der Waals surface area contributed by atoms with Crippen LogP contribution in [0.1, 0.15) is 15.9 Å². The number of hydrogen-bond acceptors (Lipinski definition) is 2. The number of carbonyl (C=O) groups excluding carboxylic acids is 2. The highest BCUT2D eigenvalue weighted by atomic mass is 19.4. The van der Waals surface area contributed by atoms with E-state index in [-0.39, 0.29) is 11.3 Å². The number of para-hydroxylation sites is 1. The topological polar surface area (TPSA) is 37.4 Å². The molecule has 3 nitrogen and oxygen atoms in total. The molecule has 0 N–H and O–H groups in total. The Balaban J connectivity index is 2.05. The number of fused-ring (bicyclic) bond motifs is 1. The molecule has 21 heavy (non-hydrogen) atoms. The Hall–Kier alpha value is -2.63. The number of rotatable bonds is 1. The van der Waals surface area contributed by atoms with E-state index in [1.54, 1.807) is 18.2 Å². The standard InChI is InChI=1S/C15H8F3NO2/c16-15(17,18)9-5-7-10(8-6-9)19-12-4-2-1-3-11(12)13(20)14(19)21/h1-8H. The molecule has 3 rings (SSSR count). The van der Waals surface area contributed by atoms with Crippen molar-refractivity contribution in [1.29, 1.82) is 0 Å². The van der Waals surface area contributed by atoms with Crippen LogP contribution in [-0.4, -0.2) is 11.7 Å². The van der Waals surface area contributed by atoms with E-state index in [0.29, 0.717) is 5.69 Å². The fourth-order valence-corrected chi connectivity index (χ4v) is 2.24. The molecule has 0 atom stereocenters. The molecule has 0 spiro atoms. The maximum absolute atomic E-state index is 12.5. The van der Waals surface area contributed by atoms with Gasteiger partial charge in [0.15, 0.2) is 0 Å². The van der Waals surface area contributed by atoms with Crippen molar-refractivity contribution < 1.29 is 22.8 Å². The Morgan fingerprint density at radius 2 is 1.48 bits per heavy atom. The lowest BCUT2D eigenvalue weighted by Crippen LogP contribution is -2.24. The molecule has 6 heteroatoms. The Morgan fingerprint density at radius 3 is 2.10 bits per heavy atom. The molecule has 1 heterocycles. The first-order valence-electron chi connectivity index (χ1n) is 6.04. The van der Waals surface area contributed by atoms with Crippen molar-refractivity contribution in [3.05, 3.63) is 59.7 Å². The molecule has 0 aliphatic carbocycles. The average molecular weight is 291 g/mol. The van der Waals surface area contributed by atoms with Crippen LogP contribution in [0.25, 0.3) is 0 Å². The summed E-state index contributed by atoms with van der Waals surface area (Å²) >= 11 is 0. The first-order valence-corrected chi connectivity index (χ1v) is 6.04. The summed E-state index contributed by atoms with van der Waals surface area (Å²) in [5, 5.41) is 0. The van der Waals surface area contributed by atoms with E-state index in [1.165, 1.54) is 18.2 Å². The SMILES string of the molecule is O=C1C(=O)N(c2ccc(C(F)(F)F)cc2)c2ccccc21. The van der Waals surface area contributed by atoms with Gasteiger partial charge in [-0.2, -0.15) is 13.2 Å². The van der Waals surface area contributed by atoms with E-state index in [9.17, 15) is 22.8 Å². The molecule has 1 aliphatic rings. The minimum atomic E-state index is -4.44. The fourth-order valence-electron chi connectivity index (χ4n) is 2.24. The summed E-state index contributed by atoms with van der Waals surface area (Å²) in [6.45, 7) is 0. The lowest BCUT2D eigenvalue weighted by atomic mass is 10.1. The van der Waals surface area contributed by atoms with E-state index in [2.05, 4.69) is 0 Å². The number of nitrogens with zero attached hydrogens (tertiary/aromatic N) is 1. The van der Waals surface area contributed by atoms with Gasteiger partial charge in [-0.05, 0) is 36.4 Å². The largest absolute Gasteiger partial charge is 0.416 e. The second kappa shape index (κ2) is 4.44. The molecule has 106 valence electrons. The summed E-state index contributed by atoms with van der Waals surface area (Å²) in [4.78, 5) is 25.0. The summed E-state index contributed by atoms with van der Waals surface area (Å²) in [6.07, 6.45) is -4.44. The number of alkyl halides is 3. The van der Waals surface area contributed by atoms with E-state index in [1.807, 2.05) is 0 Å². The number of hydrogen-bond donors (Lipinski definition) is 0. The van der Waals surface area contributed by atoms with Crippen molar-refractivity contribution in [2.75, 3.05) is 4.90 Å². The Morgan fingerprint density at radius 1 is 0.857 bits per heavy atom. The van der Waals surface area contributed by atoms with Crippen LogP contribution in [0.2, 0.25) is 0 Å². The smallest absolute Gasteiger partial charge is 0.283 e. The number of ketones is 1. The number of benzene rings is 2. The van der Waals surface area contributed by atoms with Crippen molar-refractivity contribution in [3.63, 3.8) is 0 Å². The molecule has 1 aliphatic heterocycles. The zero-order valence-corrected chi connectivity index (χ0v) is 10.5. The van der Waals surface area contributed by atoms with Crippen molar-refractivity contribution in [2.24, 2.45) is 0 Å². The van der Waals surface area contributed by atoms with Gasteiger partial charge in [-0.3, -0.25) is 14.5 Å². The van der Waals surface area contributed by atoms with Crippen LogP contribution >= 0.6 is 0 Å². The molecule has 2 aromatic rings. The van der Waals surface area contributed by atoms with Gasteiger partial charge in [0.1, 0.15) is 0 Å². The van der Waals surface area contributed by atoms with Crippen LogP contribution in [-0.2, 0) is 11.0 Å². The molecule has 0 aromatic heterocycles. The van der Waals surface area contributed by atoms with Gasteiger partial charge in [-0.1, -0.05) is 12.1 Å². The number of amides is 1. The van der Waals surface area contributed by atoms with E-state index < -0.39 is 23.4 Å². The van der Waals surface area contributed by atoms with Gasteiger partial charge < -0.3 is 0 Å². The molecule has 0 fully saturated rings. The normalized spacial score (nSPS) is 14.5. The predicted octanol–water partition coefficient (Wildman–Crippen LogP) is 3.57. The summed E-state index contributed by atoms with van der Waals surface area (Å²) in [6, 6.07) is 10.5. The van der Waals surface area contributed by atoms with E-state index in [0.717, 1.165) is 17.0 Å². The highest BCUT2D eigenvalue weighted by Crippen LogP contribution is 2.36. The van der Waals surface area contributed by atoms with Crippen molar-refractivity contribution in [2.45, 2.75) is 6.18 Å². The Bertz CT molecular complexity index is 735. The molecule has 1 amide bonds. The minimum absolute atomic E-state index is 0.228. The quantitative estimate of drug-likeness (QED) is 0.753. The van der Waals surface area contributed by atoms with Crippen molar-refractivity contribution in [1.82, 2.24) is 0 Å². The van der Waals surface area contributed by atoms with Gasteiger partial charge in [0.05, 0.1) is 16.8 Å². The lowest BCUT2D eigenvalue weighted by molar-refractivity contribution is -0.137. The monoisotopic (exact) mass is 291 g/mol. The highest BCUT2D eigenvalue weighted by molar-refractivity contribution is 6.53. The van der Waals surface area contributed by atoms with Gasteiger partial charge in [-0.15, -0.1) is 0 Å². The number of carbonyl (C=O) groups is 2. The number of Topliss-reactive ketones (excluding diaryl/α,β-unsaturated/α-hetero) is 1. The third-order valence-electron chi connectivity index (χ3n) is 3.24. The lowest BCUT2D eigenvalue weighted by Gasteiger charge is -2.17. The summed E-state index contributed by atoms with van der Waals surface area (Å²) in [5.41, 5.74) is 0.0541. The van der Waals surface area contributed by atoms with Gasteiger partial charge in [-0.25, -0.2) is 0 Å². The average Bonchev–Trinajstić information content (AvgIpc) is 2.71. The van der Waals surface area contributed by atoms with E-state index >= 15 is 0 Å². The first kappa shape index (κ1) is 13.4. The molecule has 0 saturated carbocycles. The molecule has 0 radical (unpaired) electrons. The van der Waals surface area contributed by atoms with Gasteiger partial charge in [0.2, 0.25) is 0 Å². The molecule has 0 saturated heterocycles. The molecule has 0 unspecified atom stereocenters. The number of anilines is 2. The van der Waals surface area contributed by atoms with Crippen LogP contribution in [0, 0.1) is 0 Å². The second-order valence-corrected chi connectivity index (χ2v) is 4.53. The third-order valence-corrected chi connectivity index (χ3v) is 3.24. The van der Waals surface area contributed by atoms with Crippen molar-refractivity contribution in [3.8, 4) is 0 Å². The molecular weight excluding hydrogens is 283 g/mol. The van der Waals surface area contributed by atoms with Crippen LogP contribution in [0.15, 0.2) is 48.5 Å². The van der Waals surface area contributed by atoms with Crippen LogP contribution < -0.4 is 4.90 Å². The van der Waals surface area contributed by atoms with Crippen molar-refractivity contribution >= 4 is 23.1 Å². The van der Waals surface area contributed by atoms with E-state index in [4.69, 9.17) is 0 Å². The zero-order valence-electron chi connectivity index (χ0n) is 10.5. The summed E-state index contributed by atoms with van der Waals surface area (Å²) in [7, 11) is 0. The Labute approximate surface area is 117 Å². The Kier molecular flexibility index (Phi) is 2.83. The number of halogens is 3. The summed E-state index contributed by atoms with van der Waals surface area (Å²) in [5.74, 6) is -1.43. The first-order chi connectivity index (χ1) is 9.89. The third kappa shape index (κ3) is 2.08. The van der Waals surface area contributed by atoms with Gasteiger partial charge in [0, 0.05) is 5.69 Å². The van der Waals surface area contributed by atoms with Gasteiger partial charge >= 0.3 is 12.1 Å². The van der Waals surface area contributed by atoms with Gasteiger partial charge in [0.25, 0.3) is 5.78 Å². The summed E-state index contributed by atoms with van der Waals surface area (Å²) < 4.78 is 37.6. The second-order valence-electron chi connectivity index (χ2n) is 4.53. The van der Waals surface area contributed by atoms with Crippen LogP contribution in [0.3, 0.4) is 0 Å². The van der Waals surface area contributed by atoms with Crippen LogP contribution in [0.5, 0.6) is 0 Å².